The highest BCUT2D eigenvalue weighted by atomic mass is 127. The third kappa shape index (κ3) is 7.22. The van der Waals surface area contributed by atoms with E-state index in [0.29, 0.717) is 0 Å². The minimum atomic E-state index is -0.683. The maximum absolute atomic E-state index is 11.9. The third-order valence-electron chi connectivity index (χ3n) is 4.71. The quantitative estimate of drug-likeness (QED) is 0.143. The first kappa shape index (κ1) is 22.9. The molecule has 0 atom stereocenters. The van der Waals surface area contributed by atoms with E-state index >= 15 is 0 Å². The van der Waals surface area contributed by atoms with Gasteiger partial charge < -0.3 is 5.11 Å². The van der Waals surface area contributed by atoms with E-state index in [4.69, 9.17) is 0 Å². The van der Waals surface area contributed by atoms with Crippen molar-refractivity contribution in [1.29, 1.82) is 0 Å². The van der Waals surface area contributed by atoms with E-state index in [9.17, 15) is 9.90 Å². The summed E-state index contributed by atoms with van der Waals surface area (Å²) in [7, 11) is 0. The Morgan fingerprint density at radius 3 is 1.59 bits per heavy atom. The second-order valence-corrected chi connectivity index (χ2v) is 11.8. The number of rotatable bonds is 14. The van der Waals surface area contributed by atoms with E-state index in [2.05, 4.69) is 66.0 Å². The Morgan fingerprint density at radius 1 is 0.773 bits per heavy atom. The predicted octanol–water partition coefficient (Wildman–Crippen LogP) is 7.36. The summed E-state index contributed by atoms with van der Waals surface area (Å²) in [4.78, 5) is 11.9. The molecule has 0 spiro atoms. The summed E-state index contributed by atoms with van der Waals surface area (Å²) in [5, 5.41) is 9.80. The monoisotopic (exact) mass is 536 g/mol. The molecule has 0 aliphatic carbocycles. The van der Waals surface area contributed by atoms with Gasteiger partial charge in [0.05, 0.1) is 0 Å². The van der Waals surface area contributed by atoms with Crippen molar-refractivity contribution in [2.24, 2.45) is 5.41 Å². The molecule has 22 heavy (non-hydrogen) atoms. The van der Waals surface area contributed by atoms with Crippen LogP contribution in [0.3, 0.4) is 0 Å². The fourth-order valence-corrected chi connectivity index (χ4v) is 4.79. The highest BCUT2D eigenvalue weighted by molar-refractivity contribution is 14.2. The molecule has 0 saturated carbocycles. The normalized spacial score (nSPS) is 12.6. The van der Waals surface area contributed by atoms with Crippen molar-refractivity contribution in [2.75, 3.05) is 0 Å². The van der Waals surface area contributed by atoms with Gasteiger partial charge in [0.2, 0.25) is 0 Å². The van der Waals surface area contributed by atoms with E-state index < -0.39 is 7.40 Å². The molecule has 0 aliphatic heterocycles. The lowest BCUT2D eigenvalue weighted by atomic mass is 9.72. The van der Waals surface area contributed by atoms with Gasteiger partial charge in [-0.1, -0.05) is 124 Å². The summed E-state index contributed by atoms with van der Waals surface area (Å²) in [6, 6.07) is 0. The van der Waals surface area contributed by atoms with Crippen molar-refractivity contribution in [3.63, 3.8) is 0 Å². The van der Waals surface area contributed by atoms with Crippen LogP contribution in [0.1, 0.15) is 97.8 Å². The number of hydrogen-bond donors (Lipinski definition) is 1. The molecule has 2 nitrogen and oxygen atoms in total. The number of aliphatic carboxylic acids is 1. The number of unbranched alkanes of at least 4 members (excludes halogenated alkanes) is 6. The van der Waals surface area contributed by atoms with E-state index in [0.717, 1.165) is 44.9 Å². The second-order valence-electron chi connectivity index (χ2n) is 6.53. The fourth-order valence-electron chi connectivity index (χ4n) is 3.17. The van der Waals surface area contributed by atoms with Gasteiger partial charge in [-0.3, -0.25) is 0 Å². The molecule has 1 N–H and O–H groups in total. The highest BCUT2D eigenvalue weighted by Crippen LogP contribution is 2.54. The molecule has 0 amide bonds. The van der Waals surface area contributed by atoms with Crippen LogP contribution in [-0.2, 0) is 4.79 Å². The molecule has 0 aromatic heterocycles. The standard InChI is InChI=1S/C18H34I2O2/c1-4-7-10-11-12-15-17(13-8-5-2,14-9-6-3)18(19,20)16(21)22/h4-15H2,1-3H3,(H,21,22). The van der Waals surface area contributed by atoms with Crippen LogP contribution in [-0.4, -0.2) is 12.5 Å². The SMILES string of the molecule is CCCCCCCC(CCCC)(CCCC)C(I)(I)C(=O)O. The van der Waals surface area contributed by atoms with Crippen molar-refractivity contribution in [3.8, 4) is 0 Å². The minimum Gasteiger partial charge on any atom is -0.480 e. The van der Waals surface area contributed by atoms with Crippen LogP contribution in [0.4, 0.5) is 0 Å². The third-order valence-corrected chi connectivity index (χ3v) is 7.92. The lowest BCUT2D eigenvalue weighted by Crippen LogP contribution is -2.45. The molecule has 0 rings (SSSR count). The van der Waals surface area contributed by atoms with E-state index in [-0.39, 0.29) is 5.41 Å². The van der Waals surface area contributed by atoms with Gasteiger partial charge in [-0.05, 0) is 19.3 Å². The molecule has 0 fully saturated rings. The van der Waals surface area contributed by atoms with Gasteiger partial charge in [-0.25, -0.2) is 4.79 Å². The molecule has 0 radical (unpaired) electrons. The van der Waals surface area contributed by atoms with Crippen molar-refractivity contribution in [3.05, 3.63) is 0 Å². The number of hydrogen-bond acceptors (Lipinski definition) is 1. The largest absolute Gasteiger partial charge is 0.480 e. The first-order chi connectivity index (χ1) is 10.4. The van der Waals surface area contributed by atoms with Crippen molar-refractivity contribution < 1.29 is 9.90 Å². The summed E-state index contributed by atoms with van der Waals surface area (Å²) >= 11 is 4.43. The summed E-state index contributed by atoms with van der Waals surface area (Å²) in [6.45, 7) is 6.64. The Balaban J connectivity index is 5.05. The van der Waals surface area contributed by atoms with Gasteiger partial charge in [0, 0.05) is 5.41 Å². The molecule has 0 aromatic carbocycles. The van der Waals surface area contributed by atoms with Gasteiger partial charge in [0.1, 0.15) is 0 Å². The van der Waals surface area contributed by atoms with E-state index in [1.54, 1.807) is 0 Å². The number of carboxylic acids is 1. The molecular formula is C18H34I2O2. The van der Waals surface area contributed by atoms with Crippen molar-refractivity contribution >= 4 is 51.2 Å². The van der Waals surface area contributed by atoms with E-state index in [1.165, 1.54) is 32.1 Å². The number of carbonyl (C=O) groups is 1. The lowest BCUT2D eigenvalue weighted by molar-refractivity contribution is -0.139. The Morgan fingerprint density at radius 2 is 1.18 bits per heavy atom. The molecule has 0 heterocycles. The molecule has 0 unspecified atom stereocenters. The van der Waals surface area contributed by atoms with Gasteiger partial charge in [0.25, 0.3) is 0 Å². The zero-order chi connectivity index (χ0) is 17.1. The van der Waals surface area contributed by atoms with Crippen LogP contribution < -0.4 is 0 Å². The molecule has 0 aliphatic rings. The van der Waals surface area contributed by atoms with Crippen LogP contribution in [0.2, 0.25) is 0 Å². The summed E-state index contributed by atoms with van der Waals surface area (Å²) in [6.07, 6.45) is 14.0. The molecule has 0 saturated heterocycles. The average molecular weight is 536 g/mol. The Hall–Kier alpha value is 0.930. The zero-order valence-electron chi connectivity index (χ0n) is 14.6. The van der Waals surface area contributed by atoms with Gasteiger partial charge >= 0.3 is 5.97 Å². The van der Waals surface area contributed by atoms with Gasteiger partial charge in [0.15, 0.2) is 1.43 Å². The zero-order valence-corrected chi connectivity index (χ0v) is 18.9. The predicted molar refractivity (Wildman–Crippen MR) is 113 cm³/mol. The highest BCUT2D eigenvalue weighted by Gasteiger charge is 2.51. The molecule has 0 aromatic rings. The van der Waals surface area contributed by atoms with E-state index in [1.807, 2.05) is 0 Å². The maximum atomic E-state index is 11.9. The minimum absolute atomic E-state index is 0.0574. The topological polar surface area (TPSA) is 37.3 Å². The van der Waals surface area contributed by atoms with Gasteiger partial charge in [-0.2, -0.15) is 0 Å². The van der Waals surface area contributed by atoms with Crippen LogP contribution in [0.15, 0.2) is 0 Å². The maximum Gasteiger partial charge on any atom is 0.330 e. The molecular weight excluding hydrogens is 502 g/mol. The first-order valence-corrected chi connectivity index (χ1v) is 11.1. The van der Waals surface area contributed by atoms with Crippen molar-refractivity contribution in [2.45, 2.75) is 99.2 Å². The number of halogens is 2. The van der Waals surface area contributed by atoms with Crippen LogP contribution in [0.25, 0.3) is 0 Å². The van der Waals surface area contributed by atoms with Crippen LogP contribution >= 0.6 is 45.2 Å². The summed E-state index contributed by atoms with van der Waals surface area (Å²) in [5.41, 5.74) is -0.0574. The average Bonchev–Trinajstić information content (AvgIpc) is 2.48. The Bertz CT molecular complexity index is 295. The first-order valence-electron chi connectivity index (χ1n) is 8.99. The molecule has 132 valence electrons. The Labute approximate surface area is 164 Å². The van der Waals surface area contributed by atoms with Crippen molar-refractivity contribution in [1.82, 2.24) is 0 Å². The number of alkyl halides is 2. The lowest BCUT2D eigenvalue weighted by Gasteiger charge is -2.42. The molecule has 4 heteroatoms. The smallest absolute Gasteiger partial charge is 0.330 e. The molecule has 0 bridgehead atoms. The Kier molecular flexibility index (Phi) is 12.8. The summed E-state index contributed by atoms with van der Waals surface area (Å²) < 4.78 is -0.683. The number of carboxylic acid groups (broad SMARTS) is 1. The van der Waals surface area contributed by atoms with Crippen LogP contribution in [0, 0.1) is 5.41 Å². The van der Waals surface area contributed by atoms with Gasteiger partial charge in [-0.15, -0.1) is 0 Å². The summed E-state index contributed by atoms with van der Waals surface area (Å²) in [5.74, 6) is -0.644. The fraction of sp³-hybridized carbons (Fsp3) is 0.944. The van der Waals surface area contributed by atoms with Crippen LogP contribution in [0.5, 0.6) is 0 Å². The second kappa shape index (κ2) is 12.3.